The van der Waals surface area contributed by atoms with Gasteiger partial charge in [0.1, 0.15) is 11.6 Å². The highest BCUT2D eigenvalue weighted by Gasteiger charge is 2.28. The molecule has 1 unspecified atom stereocenters. The molecule has 0 spiro atoms. The molecule has 2 saturated heterocycles. The van der Waals surface area contributed by atoms with Gasteiger partial charge in [-0.25, -0.2) is 9.97 Å². The van der Waals surface area contributed by atoms with E-state index in [4.69, 9.17) is 37.9 Å². The molecule has 270 valence electrons. The summed E-state index contributed by atoms with van der Waals surface area (Å²) in [6.07, 6.45) is 5.85. The molecule has 3 aromatic carbocycles. The van der Waals surface area contributed by atoms with Crippen molar-refractivity contribution in [2.75, 3.05) is 32.1 Å². The van der Waals surface area contributed by atoms with E-state index in [1.165, 1.54) is 0 Å². The number of rotatable bonds is 13. The number of benzene rings is 3. The molecule has 2 atom stereocenters. The molecule has 4 N–H and O–H groups in total. The minimum atomic E-state index is -0.752. The van der Waals surface area contributed by atoms with E-state index < -0.39 is 12.0 Å². The molecular formula is C39H41Cl2N7O4. The van der Waals surface area contributed by atoms with Gasteiger partial charge in [-0.3, -0.25) is 14.5 Å². The number of carboxylic acid groups (broad SMARTS) is 1. The molecular weight excluding hydrogens is 701 g/mol. The molecule has 4 heterocycles. The van der Waals surface area contributed by atoms with Crippen molar-refractivity contribution < 1.29 is 19.4 Å². The number of aromatic nitrogens is 3. The van der Waals surface area contributed by atoms with Crippen molar-refractivity contribution in [1.29, 1.82) is 0 Å². The normalized spacial score (nSPS) is 17.7. The number of nitrogens with one attached hydrogen (secondary N) is 3. The predicted molar refractivity (Wildman–Crippen MR) is 204 cm³/mol. The van der Waals surface area contributed by atoms with Crippen molar-refractivity contribution in [3.8, 4) is 28.3 Å². The number of carbonyl (C=O) groups excluding carboxylic acids is 1. The third-order valence-corrected chi connectivity index (χ3v) is 10.7. The van der Waals surface area contributed by atoms with E-state index in [2.05, 4.69) is 25.4 Å². The molecule has 0 bridgehead atoms. The minimum Gasteiger partial charge on any atom is -0.481 e. The highest BCUT2D eigenvalue weighted by Crippen LogP contribution is 2.42. The highest BCUT2D eigenvalue weighted by atomic mass is 35.5. The van der Waals surface area contributed by atoms with E-state index in [0.717, 1.165) is 64.8 Å². The highest BCUT2D eigenvalue weighted by molar-refractivity contribution is 6.39. The van der Waals surface area contributed by atoms with Crippen LogP contribution >= 0.6 is 23.2 Å². The summed E-state index contributed by atoms with van der Waals surface area (Å²) in [7, 11) is 1.60. The van der Waals surface area contributed by atoms with Gasteiger partial charge in [0.2, 0.25) is 11.8 Å². The van der Waals surface area contributed by atoms with Gasteiger partial charge in [0.15, 0.2) is 0 Å². The Kier molecular flexibility index (Phi) is 10.9. The Hall–Kier alpha value is -4.68. The van der Waals surface area contributed by atoms with Gasteiger partial charge in [-0.15, -0.1) is 0 Å². The van der Waals surface area contributed by atoms with Crippen LogP contribution in [0.4, 0.5) is 11.4 Å². The Labute approximate surface area is 312 Å². The second-order valence-electron chi connectivity index (χ2n) is 13.3. The van der Waals surface area contributed by atoms with Gasteiger partial charge in [0.05, 0.1) is 46.1 Å². The van der Waals surface area contributed by atoms with Crippen LogP contribution in [0, 0.1) is 0 Å². The number of aliphatic carboxylic acids is 1. The van der Waals surface area contributed by atoms with Gasteiger partial charge in [0, 0.05) is 60.9 Å². The quantitative estimate of drug-likeness (QED) is 0.0995. The summed E-state index contributed by atoms with van der Waals surface area (Å²) in [5.41, 5.74) is 7.08. The Bertz CT molecular complexity index is 2100. The van der Waals surface area contributed by atoms with Gasteiger partial charge in [-0.1, -0.05) is 72.1 Å². The van der Waals surface area contributed by atoms with Crippen molar-refractivity contribution in [1.82, 2.24) is 30.1 Å². The fourth-order valence-electron chi connectivity index (χ4n) is 7.20. The Morgan fingerprint density at radius 3 is 2.52 bits per heavy atom. The molecule has 7 rings (SSSR count). The summed E-state index contributed by atoms with van der Waals surface area (Å²) < 4.78 is 7.73. The molecule has 1 amide bonds. The van der Waals surface area contributed by atoms with Crippen LogP contribution in [0.5, 0.6) is 5.88 Å². The first kappa shape index (κ1) is 35.7. The Morgan fingerprint density at radius 1 is 0.962 bits per heavy atom. The van der Waals surface area contributed by atoms with E-state index in [1.54, 1.807) is 7.11 Å². The standard InChI is InChI=1S/C39H41Cl2N7O4/c1-52-38-24(21-42-22-25-15-17-34(49)44-25)14-16-29(46-38)28-9-4-7-26(35(28)40)27-8-5-10-30(36(27)41)45-31-11-6-13-32-37(31)43-23-48(32)20-19-47-18-3-2-12-33(47)39(50)51/h4-11,13-14,16,23,25,33,42,45H,2-3,12,15,17-22H2,1H3,(H,44,49)(H,50,51)/t25-,33?/m0/s1. The number of amides is 1. The van der Waals surface area contributed by atoms with Crippen LogP contribution < -0.4 is 20.7 Å². The second kappa shape index (κ2) is 15.9. The first-order valence-corrected chi connectivity index (χ1v) is 18.4. The van der Waals surface area contributed by atoms with E-state index >= 15 is 0 Å². The van der Waals surface area contributed by atoms with Gasteiger partial charge in [-0.2, -0.15) is 0 Å². The molecule has 0 aliphatic carbocycles. The number of imidazole rings is 1. The average molecular weight is 743 g/mol. The molecule has 2 aliphatic rings. The van der Waals surface area contributed by atoms with Crippen molar-refractivity contribution in [3.63, 3.8) is 0 Å². The number of methoxy groups -OCH3 is 1. The molecule has 0 radical (unpaired) electrons. The first-order valence-electron chi connectivity index (χ1n) is 17.6. The molecule has 2 aliphatic heterocycles. The summed E-state index contributed by atoms with van der Waals surface area (Å²) in [6.45, 7) is 3.28. The SMILES string of the molecule is COc1nc(-c2cccc(-c3cccc(Nc4cccc5c4ncn5CCN4CCCCC4C(=O)O)c3Cl)c2Cl)ccc1CNC[C@@H]1CCC(=O)N1. The number of carboxylic acids is 1. The number of para-hydroxylation sites is 1. The number of fused-ring (bicyclic) bond motifs is 1. The number of anilines is 2. The van der Waals surface area contributed by atoms with E-state index in [9.17, 15) is 14.7 Å². The predicted octanol–water partition coefficient (Wildman–Crippen LogP) is 7.13. The number of nitrogens with zero attached hydrogens (tertiary/aromatic N) is 4. The van der Waals surface area contributed by atoms with Crippen LogP contribution in [-0.2, 0) is 22.7 Å². The van der Waals surface area contributed by atoms with Gasteiger partial charge in [0.25, 0.3) is 0 Å². The van der Waals surface area contributed by atoms with Crippen LogP contribution in [0.15, 0.2) is 73.1 Å². The monoisotopic (exact) mass is 741 g/mol. The van der Waals surface area contributed by atoms with Crippen molar-refractivity contribution in [2.45, 2.75) is 57.3 Å². The summed E-state index contributed by atoms with van der Waals surface area (Å²) in [4.78, 5) is 34.9. The number of pyridine rings is 1. The number of hydrogen-bond donors (Lipinski definition) is 4. The maximum Gasteiger partial charge on any atom is 0.320 e. The number of ether oxygens (including phenoxy) is 1. The number of piperidine rings is 1. The maximum atomic E-state index is 11.8. The van der Waals surface area contributed by atoms with E-state index in [-0.39, 0.29) is 11.9 Å². The summed E-state index contributed by atoms with van der Waals surface area (Å²) in [5.74, 6) is -0.157. The lowest BCUT2D eigenvalue weighted by atomic mass is 10.00. The van der Waals surface area contributed by atoms with Crippen LogP contribution in [0.3, 0.4) is 0 Å². The summed E-state index contributed by atoms with van der Waals surface area (Å²) >= 11 is 14.2. The van der Waals surface area contributed by atoms with Crippen LogP contribution in [0.25, 0.3) is 33.4 Å². The molecule has 13 heteroatoms. The maximum absolute atomic E-state index is 11.8. The smallest absolute Gasteiger partial charge is 0.320 e. The number of halogens is 2. The zero-order chi connectivity index (χ0) is 36.2. The topological polar surface area (TPSA) is 134 Å². The fraction of sp³-hybridized carbons (Fsp3) is 0.333. The van der Waals surface area contributed by atoms with E-state index in [0.29, 0.717) is 66.3 Å². The summed E-state index contributed by atoms with van der Waals surface area (Å²) in [6, 6.07) is 21.1. The number of carbonyl (C=O) groups is 2. The van der Waals surface area contributed by atoms with Crippen LogP contribution in [0.2, 0.25) is 10.0 Å². The molecule has 2 fully saturated rings. The molecule has 11 nitrogen and oxygen atoms in total. The zero-order valence-corrected chi connectivity index (χ0v) is 30.4. The minimum absolute atomic E-state index is 0.0963. The molecule has 52 heavy (non-hydrogen) atoms. The Balaban J connectivity index is 1.09. The lowest BCUT2D eigenvalue weighted by Gasteiger charge is -2.32. The molecule has 2 aromatic heterocycles. The number of hydrogen-bond acceptors (Lipinski definition) is 8. The van der Waals surface area contributed by atoms with Gasteiger partial charge >= 0.3 is 5.97 Å². The zero-order valence-electron chi connectivity index (χ0n) is 28.9. The van der Waals surface area contributed by atoms with Crippen LogP contribution in [0.1, 0.15) is 37.7 Å². The van der Waals surface area contributed by atoms with E-state index in [1.807, 2.05) is 73.1 Å². The lowest BCUT2D eigenvalue weighted by molar-refractivity contribution is -0.144. The van der Waals surface area contributed by atoms with Crippen molar-refractivity contribution in [3.05, 3.63) is 88.7 Å². The van der Waals surface area contributed by atoms with Gasteiger partial charge < -0.3 is 30.4 Å². The number of likely N-dealkylation sites (tertiary alicyclic amines) is 1. The van der Waals surface area contributed by atoms with Crippen LogP contribution in [-0.4, -0.2) is 75.2 Å². The second-order valence-corrected chi connectivity index (χ2v) is 14.0. The summed E-state index contributed by atoms with van der Waals surface area (Å²) in [5, 5.41) is 20.6. The molecule has 0 saturated carbocycles. The largest absolute Gasteiger partial charge is 0.481 e. The molecule has 5 aromatic rings. The Morgan fingerprint density at radius 2 is 1.73 bits per heavy atom. The average Bonchev–Trinajstić information content (AvgIpc) is 3.78. The van der Waals surface area contributed by atoms with Crippen molar-refractivity contribution >= 4 is 57.5 Å². The van der Waals surface area contributed by atoms with Crippen molar-refractivity contribution in [2.24, 2.45) is 0 Å². The third-order valence-electron chi connectivity index (χ3n) is 9.93. The first-order chi connectivity index (χ1) is 25.3. The van der Waals surface area contributed by atoms with Gasteiger partial charge in [-0.05, 0) is 50.1 Å². The fourth-order valence-corrected chi connectivity index (χ4v) is 7.80. The third kappa shape index (κ3) is 7.59. The lowest BCUT2D eigenvalue weighted by Crippen LogP contribution is -2.45.